The van der Waals surface area contributed by atoms with E-state index in [1.807, 2.05) is 0 Å². The second-order valence-electron chi connectivity index (χ2n) is 5.63. The number of hydrogen-bond donors (Lipinski definition) is 1. The summed E-state index contributed by atoms with van der Waals surface area (Å²) in [6, 6.07) is 0. The van der Waals surface area contributed by atoms with E-state index in [2.05, 4.69) is 0 Å². The molecule has 0 spiro atoms. The molecule has 3 fully saturated rings. The summed E-state index contributed by atoms with van der Waals surface area (Å²) < 4.78 is 63.7. The van der Waals surface area contributed by atoms with Crippen LogP contribution in [0, 0.1) is 0 Å². The lowest BCUT2D eigenvalue weighted by Crippen LogP contribution is -2.62. The molecule has 3 heterocycles. The van der Waals surface area contributed by atoms with Crippen molar-refractivity contribution in [2.75, 3.05) is 6.61 Å². The maximum absolute atomic E-state index is 11.1. The quantitative estimate of drug-likeness (QED) is 0.690. The highest BCUT2D eigenvalue weighted by Gasteiger charge is 2.58. The van der Waals surface area contributed by atoms with E-state index in [1.54, 1.807) is 20.8 Å². The smallest absolute Gasteiger partial charge is 0.350 e. The fraction of sp³-hybridized carbons (Fsp3) is 1.00. The second-order valence-corrected chi connectivity index (χ2v) is 6.68. The van der Waals surface area contributed by atoms with Crippen LogP contribution in [0.1, 0.15) is 20.8 Å². The molecule has 0 aromatic rings. The molecule has 6 atom stereocenters. The molecular weight excluding hydrogens is 308 g/mol. The average Bonchev–Trinajstić information content (AvgIpc) is 2.62. The molecule has 0 amide bonds. The van der Waals surface area contributed by atoms with E-state index in [-0.39, 0.29) is 6.61 Å². The van der Waals surface area contributed by atoms with Gasteiger partial charge in [-0.15, -0.1) is 0 Å². The standard InChI is InChI=1S/C11H18O9S/c1-5-15-4-6-7(16-5)8(20-21(12,13)14)9-10(17-6)19-11(2,3)18-9/h5-10H,4H2,1-3H3,(H,12,13,14)/t5-,6?,7?,8-,9+,10+/m0/s1. The van der Waals surface area contributed by atoms with Crippen LogP contribution in [-0.4, -0.2) is 62.4 Å². The first-order valence-corrected chi connectivity index (χ1v) is 7.95. The lowest BCUT2D eigenvalue weighted by molar-refractivity contribution is -0.328. The molecule has 1 N–H and O–H groups in total. The molecule has 0 bridgehead atoms. The van der Waals surface area contributed by atoms with Crippen LogP contribution in [0.5, 0.6) is 0 Å². The molecule has 10 heteroatoms. The molecule has 3 rings (SSSR count). The maximum atomic E-state index is 11.1. The van der Waals surface area contributed by atoms with Crippen molar-refractivity contribution in [3.8, 4) is 0 Å². The first-order valence-electron chi connectivity index (χ1n) is 6.58. The molecular formula is C11H18O9S. The predicted octanol–water partition coefficient (Wildman–Crippen LogP) is -0.188. The van der Waals surface area contributed by atoms with Gasteiger partial charge in [-0.3, -0.25) is 4.55 Å². The Bertz CT molecular complexity index is 502. The highest BCUT2D eigenvalue weighted by molar-refractivity contribution is 7.80. The maximum Gasteiger partial charge on any atom is 0.397 e. The molecule has 0 radical (unpaired) electrons. The molecule has 21 heavy (non-hydrogen) atoms. The van der Waals surface area contributed by atoms with E-state index in [4.69, 9.17) is 32.4 Å². The van der Waals surface area contributed by atoms with Crippen molar-refractivity contribution >= 4 is 10.4 Å². The zero-order valence-corrected chi connectivity index (χ0v) is 12.6. The van der Waals surface area contributed by atoms with Gasteiger partial charge in [0, 0.05) is 0 Å². The van der Waals surface area contributed by atoms with Gasteiger partial charge in [-0.05, 0) is 20.8 Å². The monoisotopic (exact) mass is 326 g/mol. The third-order valence-corrected chi connectivity index (χ3v) is 3.95. The summed E-state index contributed by atoms with van der Waals surface area (Å²) in [6.07, 6.45) is -4.63. The summed E-state index contributed by atoms with van der Waals surface area (Å²) in [6.45, 7) is 5.21. The summed E-state index contributed by atoms with van der Waals surface area (Å²) in [4.78, 5) is 0. The first kappa shape index (κ1) is 15.6. The molecule has 0 aromatic heterocycles. The zero-order valence-electron chi connectivity index (χ0n) is 11.8. The van der Waals surface area contributed by atoms with Gasteiger partial charge in [-0.25, -0.2) is 4.18 Å². The topological polar surface area (TPSA) is 110 Å². The minimum atomic E-state index is -4.68. The lowest BCUT2D eigenvalue weighted by Gasteiger charge is -2.45. The number of hydrogen-bond acceptors (Lipinski definition) is 8. The van der Waals surface area contributed by atoms with Crippen molar-refractivity contribution in [3.63, 3.8) is 0 Å². The number of fused-ring (bicyclic) bond motifs is 2. The van der Waals surface area contributed by atoms with E-state index in [9.17, 15) is 8.42 Å². The van der Waals surface area contributed by atoms with Crippen LogP contribution >= 0.6 is 0 Å². The van der Waals surface area contributed by atoms with Crippen molar-refractivity contribution in [1.82, 2.24) is 0 Å². The van der Waals surface area contributed by atoms with Gasteiger partial charge in [0.2, 0.25) is 0 Å². The second kappa shape index (κ2) is 5.10. The van der Waals surface area contributed by atoms with E-state index in [1.165, 1.54) is 0 Å². The molecule has 3 aliphatic rings. The van der Waals surface area contributed by atoms with Crippen LogP contribution in [0.2, 0.25) is 0 Å². The van der Waals surface area contributed by atoms with E-state index < -0.39 is 53.2 Å². The predicted molar refractivity (Wildman–Crippen MR) is 65.4 cm³/mol. The van der Waals surface area contributed by atoms with Gasteiger partial charge in [-0.1, -0.05) is 0 Å². The van der Waals surface area contributed by atoms with Crippen LogP contribution in [0.25, 0.3) is 0 Å². The Morgan fingerprint density at radius 2 is 1.90 bits per heavy atom. The largest absolute Gasteiger partial charge is 0.397 e. The molecule has 0 saturated carbocycles. The van der Waals surface area contributed by atoms with Crippen LogP contribution in [0.3, 0.4) is 0 Å². The molecule has 3 saturated heterocycles. The van der Waals surface area contributed by atoms with Crippen LogP contribution < -0.4 is 0 Å². The zero-order chi connectivity index (χ0) is 15.4. The van der Waals surface area contributed by atoms with Crippen molar-refractivity contribution in [2.45, 2.75) is 63.6 Å². The van der Waals surface area contributed by atoms with Gasteiger partial charge in [0.1, 0.15) is 24.4 Å². The lowest BCUT2D eigenvalue weighted by atomic mass is 9.98. The SMILES string of the molecule is C[C@H]1OCC2O[C@@H]3OC(C)(C)O[C@@H]3[C@@H](OS(=O)(=O)O)C2O1. The highest BCUT2D eigenvalue weighted by Crippen LogP contribution is 2.40. The van der Waals surface area contributed by atoms with Gasteiger partial charge in [0.25, 0.3) is 0 Å². The molecule has 122 valence electrons. The van der Waals surface area contributed by atoms with E-state index in [0.29, 0.717) is 0 Å². The molecule has 0 aliphatic carbocycles. The Morgan fingerprint density at radius 1 is 1.19 bits per heavy atom. The van der Waals surface area contributed by atoms with Crippen LogP contribution in [0.4, 0.5) is 0 Å². The summed E-state index contributed by atoms with van der Waals surface area (Å²) in [7, 11) is -4.68. The number of ether oxygens (including phenoxy) is 5. The third kappa shape index (κ3) is 3.22. The van der Waals surface area contributed by atoms with Crippen molar-refractivity contribution in [2.24, 2.45) is 0 Å². The van der Waals surface area contributed by atoms with Gasteiger partial charge in [-0.2, -0.15) is 8.42 Å². The molecule has 2 unspecified atom stereocenters. The summed E-state index contributed by atoms with van der Waals surface area (Å²) >= 11 is 0. The van der Waals surface area contributed by atoms with Crippen molar-refractivity contribution in [1.29, 1.82) is 0 Å². The minimum absolute atomic E-state index is 0.199. The van der Waals surface area contributed by atoms with Crippen LogP contribution in [0.15, 0.2) is 0 Å². The highest BCUT2D eigenvalue weighted by atomic mass is 32.3. The molecule has 0 aromatic carbocycles. The Kier molecular flexibility index (Phi) is 3.78. The molecule has 3 aliphatic heterocycles. The third-order valence-electron chi connectivity index (χ3n) is 3.49. The van der Waals surface area contributed by atoms with Crippen molar-refractivity contribution < 1.29 is 40.8 Å². The van der Waals surface area contributed by atoms with Crippen molar-refractivity contribution in [3.05, 3.63) is 0 Å². The summed E-state index contributed by atoms with van der Waals surface area (Å²) in [5.41, 5.74) is 0. The summed E-state index contributed by atoms with van der Waals surface area (Å²) in [5, 5.41) is 0. The van der Waals surface area contributed by atoms with Gasteiger partial charge >= 0.3 is 10.4 Å². The number of rotatable bonds is 2. The van der Waals surface area contributed by atoms with Gasteiger partial charge in [0.15, 0.2) is 18.4 Å². The Morgan fingerprint density at radius 3 is 2.57 bits per heavy atom. The normalized spacial score (nSPS) is 45.9. The Labute approximate surface area is 122 Å². The fourth-order valence-electron chi connectivity index (χ4n) is 2.77. The Hall–Kier alpha value is -0.330. The van der Waals surface area contributed by atoms with E-state index >= 15 is 0 Å². The molecule has 9 nitrogen and oxygen atoms in total. The summed E-state index contributed by atoms with van der Waals surface area (Å²) in [5.74, 6) is -0.962. The fourth-order valence-corrected chi connectivity index (χ4v) is 3.27. The van der Waals surface area contributed by atoms with Gasteiger partial charge in [0.05, 0.1) is 6.61 Å². The minimum Gasteiger partial charge on any atom is -0.350 e. The Balaban J connectivity index is 1.89. The average molecular weight is 326 g/mol. The van der Waals surface area contributed by atoms with Gasteiger partial charge < -0.3 is 23.7 Å². The van der Waals surface area contributed by atoms with Crippen LogP contribution in [-0.2, 0) is 38.3 Å². The first-order chi connectivity index (χ1) is 9.65. The van der Waals surface area contributed by atoms with E-state index in [0.717, 1.165) is 0 Å².